The van der Waals surface area contributed by atoms with Gasteiger partial charge >= 0.3 is 6.03 Å². The summed E-state index contributed by atoms with van der Waals surface area (Å²) >= 11 is 14.3. The predicted octanol–water partition coefficient (Wildman–Crippen LogP) is 7.06. The molecule has 0 radical (unpaired) electrons. The molecule has 4 aromatic rings. The fourth-order valence-electron chi connectivity index (χ4n) is 3.52. The molecule has 0 aliphatic carbocycles. The molecule has 1 aromatic heterocycles. The Morgan fingerprint density at radius 1 is 1.00 bits per heavy atom. The highest BCUT2D eigenvalue weighted by atomic mass is 35.5. The first kappa shape index (κ1) is 25.1. The molecule has 0 unspecified atom stereocenters. The first-order valence-electron chi connectivity index (χ1n) is 11.1. The number of aryl methyl sites for hydroxylation is 2. The first-order valence-corrected chi connectivity index (χ1v) is 12.9. The molecule has 3 aromatic carbocycles. The maximum Gasteiger partial charge on any atom is 0.319 e. The largest absolute Gasteiger partial charge is 0.331 e. The minimum atomic E-state index is -0.338. The zero-order valence-electron chi connectivity index (χ0n) is 19.4. The molecule has 0 fully saturated rings. The summed E-state index contributed by atoms with van der Waals surface area (Å²) in [6, 6.07) is 21.0. The lowest BCUT2D eigenvalue weighted by Crippen LogP contribution is -2.29. The number of amides is 2. The second kappa shape index (κ2) is 11.6. The van der Waals surface area contributed by atoms with Crippen LogP contribution in [-0.4, -0.2) is 20.8 Å². The van der Waals surface area contributed by atoms with E-state index in [1.165, 1.54) is 28.5 Å². The normalized spacial score (nSPS) is 10.9. The van der Waals surface area contributed by atoms with Crippen LogP contribution in [-0.2, 0) is 18.7 Å². The minimum absolute atomic E-state index is 0.153. The van der Waals surface area contributed by atoms with Crippen molar-refractivity contribution < 1.29 is 4.79 Å². The average Bonchev–Trinajstić information content (AvgIpc) is 3.26. The molecule has 4 rings (SSSR count). The van der Waals surface area contributed by atoms with Gasteiger partial charge in [0.05, 0.1) is 17.3 Å². The summed E-state index contributed by atoms with van der Waals surface area (Å²) in [5.74, 6) is 1.25. The second-order valence-electron chi connectivity index (χ2n) is 7.97. The smallest absolute Gasteiger partial charge is 0.319 e. The Hall–Kier alpha value is -3.00. The fourth-order valence-corrected chi connectivity index (χ4v) is 4.79. The molecule has 2 N–H and O–H groups in total. The Morgan fingerprint density at radius 3 is 2.54 bits per heavy atom. The molecule has 0 aliphatic rings. The number of halogens is 2. The molecule has 0 saturated heterocycles. The molecule has 35 heavy (non-hydrogen) atoms. The predicted molar refractivity (Wildman–Crippen MR) is 144 cm³/mol. The zero-order valence-corrected chi connectivity index (χ0v) is 21.7. The van der Waals surface area contributed by atoms with Crippen molar-refractivity contribution in [2.24, 2.45) is 0 Å². The number of aromatic nitrogens is 3. The van der Waals surface area contributed by atoms with Crippen LogP contribution in [0, 0.1) is 6.92 Å². The van der Waals surface area contributed by atoms with Crippen molar-refractivity contribution >= 4 is 46.7 Å². The summed E-state index contributed by atoms with van der Waals surface area (Å²) in [6.45, 7) is 4.31. The lowest BCUT2D eigenvalue weighted by molar-refractivity contribution is 0.251. The fraction of sp³-hybridized carbons (Fsp3) is 0.192. The first-order chi connectivity index (χ1) is 16.9. The number of rotatable bonds is 8. The van der Waals surface area contributed by atoms with Crippen molar-refractivity contribution in [2.45, 2.75) is 37.7 Å². The van der Waals surface area contributed by atoms with Crippen molar-refractivity contribution in [1.29, 1.82) is 0 Å². The van der Waals surface area contributed by atoms with Crippen molar-refractivity contribution in [3.63, 3.8) is 0 Å². The van der Waals surface area contributed by atoms with Crippen LogP contribution in [0.5, 0.6) is 0 Å². The third-order valence-electron chi connectivity index (χ3n) is 5.33. The molecule has 0 aliphatic heterocycles. The topological polar surface area (TPSA) is 71.8 Å². The highest BCUT2D eigenvalue weighted by Gasteiger charge is 2.18. The molecule has 1 heterocycles. The number of hydrogen-bond acceptors (Lipinski definition) is 4. The van der Waals surface area contributed by atoms with E-state index in [2.05, 4.69) is 52.9 Å². The standard InChI is InChI=1S/C26H25Cl2N5OS/c1-3-18-7-10-21(11-8-18)30-25(34)29-15-24-31-32-26(35-16-19-6-4-5-17(2)13-19)33(24)23-14-20(27)9-12-22(23)28/h4-14H,3,15-16H2,1-2H3,(H2,29,30,34). The van der Waals surface area contributed by atoms with Gasteiger partial charge in [0, 0.05) is 16.5 Å². The van der Waals surface area contributed by atoms with E-state index in [-0.39, 0.29) is 12.6 Å². The van der Waals surface area contributed by atoms with E-state index < -0.39 is 0 Å². The molecular formula is C26H25Cl2N5OS. The number of nitrogens with one attached hydrogen (secondary N) is 2. The van der Waals surface area contributed by atoms with Gasteiger partial charge in [-0.3, -0.25) is 4.57 Å². The quantitative estimate of drug-likeness (QED) is 0.241. The van der Waals surface area contributed by atoms with E-state index in [1.54, 1.807) is 18.2 Å². The number of hydrogen-bond donors (Lipinski definition) is 2. The van der Waals surface area contributed by atoms with Crippen molar-refractivity contribution in [3.8, 4) is 5.69 Å². The van der Waals surface area contributed by atoms with Crippen LogP contribution in [0.1, 0.15) is 29.4 Å². The van der Waals surface area contributed by atoms with Crippen molar-refractivity contribution in [3.05, 3.63) is 99.3 Å². The molecule has 0 saturated carbocycles. The van der Waals surface area contributed by atoms with Gasteiger partial charge < -0.3 is 10.6 Å². The number of carbonyl (C=O) groups is 1. The molecule has 0 atom stereocenters. The Morgan fingerprint density at radius 2 is 1.80 bits per heavy atom. The number of benzene rings is 3. The minimum Gasteiger partial charge on any atom is -0.331 e. The van der Waals surface area contributed by atoms with Gasteiger partial charge in [0.15, 0.2) is 11.0 Å². The number of urea groups is 1. The van der Waals surface area contributed by atoms with Gasteiger partial charge in [0.1, 0.15) is 0 Å². The summed E-state index contributed by atoms with van der Waals surface area (Å²) in [6.07, 6.45) is 0.943. The van der Waals surface area contributed by atoms with E-state index in [1.807, 2.05) is 34.9 Å². The number of anilines is 1. The number of thioether (sulfide) groups is 1. The molecular weight excluding hydrogens is 501 g/mol. The Kier molecular flexibility index (Phi) is 8.33. The highest BCUT2D eigenvalue weighted by molar-refractivity contribution is 7.98. The number of carbonyl (C=O) groups excluding carboxylic acids is 1. The van der Waals surface area contributed by atoms with E-state index in [9.17, 15) is 4.79 Å². The van der Waals surface area contributed by atoms with Crippen LogP contribution >= 0.6 is 35.0 Å². The summed E-state index contributed by atoms with van der Waals surface area (Å²) in [5.41, 5.74) is 4.95. The van der Waals surface area contributed by atoms with Gasteiger partial charge in [-0.1, -0.05) is 83.8 Å². The zero-order chi connectivity index (χ0) is 24.8. The van der Waals surface area contributed by atoms with Crippen LogP contribution in [0.25, 0.3) is 5.69 Å². The Labute approximate surface area is 219 Å². The summed E-state index contributed by atoms with van der Waals surface area (Å²) < 4.78 is 1.84. The van der Waals surface area contributed by atoms with Crippen LogP contribution in [0.2, 0.25) is 10.0 Å². The van der Waals surface area contributed by atoms with E-state index in [4.69, 9.17) is 23.2 Å². The number of nitrogens with zero attached hydrogens (tertiary/aromatic N) is 3. The van der Waals surface area contributed by atoms with Crippen LogP contribution < -0.4 is 10.6 Å². The van der Waals surface area contributed by atoms with Crippen LogP contribution in [0.4, 0.5) is 10.5 Å². The van der Waals surface area contributed by atoms with Gasteiger partial charge in [0.2, 0.25) is 0 Å². The monoisotopic (exact) mass is 525 g/mol. The van der Waals surface area contributed by atoms with Crippen molar-refractivity contribution in [2.75, 3.05) is 5.32 Å². The van der Waals surface area contributed by atoms with Gasteiger partial charge in [-0.05, 0) is 54.8 Å². The summed E-state index contributed by atoms with van der Waals surface area (Å²) in [5, 5.41) is 16.1. The summed E-state index contributed by atoms with van der Waals surface area (Å²) in [7, 11) is 0. The maximum atomic E-state index is 12.5. The van der Waals surface area contributed by atoms with E-state index >= 15 is 0 Å². The maximum absolute atomic E-state index is 12.5. The van der Waals surface area contributed by atoms with Gasteiger partial charge in [-0.25, -0.2) is 4.79 Å². The Balaban J connectivity index is 1.53. The van der Waals surface area contributed by atoms with E-state index in [0.717, 1.165) is 6.42 Å². The molecule has 6 nitrogen and oxygen atoms in total. The average molecular weight is 526 g/mol. The van der Waals surface area contributed by atoms with Crippen LogP contribution in [0.15, 0.2) is 71.9 Å². The highest BCUT2D eigenvalue weighted by Crippen LogP contribution is 2.31. The molecule has 180 valence electrons. The van der Waals surface area contributed by atoms with E-state index in [0.29, 0.717) is 38.2 Å². The third-order valence-corrected chi connectivity index (χ3v) is 6.88. The Bertz CT molecular complexity index is 1320. The van der Waals surface area contributed by atoms with Gasteiger partial charge in [-0.15, -0.1) is 10.2 Å². The summed E-state index contributed by atoms with van der Waals surface area (Å²) in [4.78, 5) is 12.5. The van der Waals surface area contributed by atoms with Crippen molar-refractivity contribution in [1.82, 2.24) is 20.1 Å². The lowest BCUT2D eigenvalue weighted by Gasteiger charge is -2.13. The second-order valence-corrected chi connectivity index (χ2v) is 9.75. The molecule has 0 spiro atoms. The third kappa shape index (κ3) is 6.57. The molecule has 9 heteroatoms. The molecule has 0 bridgehead atoms. The van der Waals surface area contributed by atoms with Gasteiger partial charge in [0.25, 0.3) is 0 Å². The lowest BCUT2D eigenvalue weighted by atomic mass is 10.1. The van der Waals surface area contributed by atoms with Gasteiger partial charge in [-0.2, -0.15) is 0 Å². The molecule has 2 amide bonds. The van der Waals surface area contributed by atoms with Crippen LogP contribution in [0.3, 0.4) is 0 Å². The SMILES string of the molecule is CCc1ccc(NC(=O)NCc2nnc(SCc3cccc(C)c3)n2-c2cc(Cl)ccc2Cl)cc1.